The van der Waals surface area contributed by atoms with E-state index in [1.165, 1.54) is 23.5 Å². The summed E-state index contributed by atoms with van der Waals surface area (Å²) in [6, 6.07) is 6.38. The van der Waals surface area contributed by atoms with Crippen molar-refractivity contribution >= 4 is 48.3 Å². The second-order valence-corrected chi connectivity index (χ2v) is 10.0. The highest BCUT2D eigenvalue weighted by Gasteiger charge is 2.30. The highest BCUT2D eigenvalue weighted by Crippen LogP contribution is 2.40. The van der Waals surface area contributed by atoms with Crippen molar-refractivity contribution in [2.45, 2.75) is 38.0 Å². The van der Waals surface area contributed by atoms with Gasteiger partial charge in [0.2, 0.25) is 0 Å². The zero-order valence-electron chi connectivity index (χ0n) is 14.5. The molecule has 1 aromatic heterocycles. The Morgan fingerprint density at radius 2 is 2.04 bits per heavy atom. The van der Waals surface area contributed by atoms with Gasteiger partial charge in [-0.05, 0) is 61.9 Å². The minimum atomic E-state index is -3.78. The van der Waals surface area contributed by atoms with Crippen LogP contribution in [0, 0.1) is 5.92 Å². The molecule has 0 saturated heterocycles. The molecule has 0 spiro atoms. The van der Waals surface area contributed by atoms with Crippen LogP contribution in [0.2, 0.25) is 0 Å². The molecule has 1 atom stereocenters. The van der Waals surface area contributed by atoms with Crippen molar-refractivity contribution in [1.29, 1.82) is 0 Å². The lowest BCUT2D eigenvalue weighted by Gasteiger charge is -2.18. The molecule has 1 aromatic carbocycles. The third kappa shape index (κ3) is 3.97. The van der Waals surface area contributed by atoms with E-state index < -0.39 is 16.0 Å². The summed E-state index contributed by atoms with van der Waals surface area (Å²) < 4.78 is 34.1. The fraction of sp³-hybridized carbons (Fsp3) is 0.389. The lowest BCUT2D eigenvalue weighted by Crippen LogP contribution is -2.17. The Morgan fingerprint density at radius 3 is 2.69 bits per heavy atom. The molecule has 5 nitrogen and oxygen atoms in total. The Bertz CT molecular complexity index is 919. The van der Waals surface area contributed by atoms with Gasteiger partial charge in [-0.1, -0.05) is 22.9 Å². The number of carbonyl (C=O) groups excluding carboxylic acids is 1. The van der Waals surface area contributed by atoms with Crippen LogP contribution in [0.5, 0.6) is 0 Å². The van der Waals surface area contributed by atoms with Crippen molar-refractivity contribution in [2.24, 2.45) is 5.92 Å². The molecule has 0 saturated carbocycles. The SMILES string of the molecule is CCOC(=O)c1c(NS(=O)(=O)c2ccc(Br)cc2)sc2c1CCC(C)C2. The second kappa shape index (κ2) is 7.70. The van der Waals surface area contributed by atoms with E-state index in [9.17, 15) is 13.2 Å². The van der Waals surface area contributed by atoms with E-state index in [4.69, 9.17) is 4.74 Å². The summed E-state index contributed by atoms with van der Waals surface area (Å²) in [7, 11) is -3.78. The van der Waals surface area contributed by atoms with Crippen LogP contribution in [-0.2, 0) is 27.6 Å². The first-order valence-electron chi connectivity index (χ1n) is 8.42. The number of esters is 1. The van der Waals surface area contributed by atoms with E-state index in [0.29, 0.717) is 16.5 Å². The largest absolute Gasteiger partial charge is 0.462 e. The van der Waals surface area contributed by atoms with Gasteiger partial charge in [0.1, 0.15) is 5.00 Å². The van der Waals surface area contributed by atoms with Crippen LogP contribution in [0.3, 0.4) is 0 Å². The molecule has 0 aliphatic heterocycles. The van der Waals surface area contributed by atoms with Crippen LogP contribution in [0.1, 0.15) is 41.1 Å². The van der Waals surface area contributed by atoms with Gasteiger partial charge in [0.05, 0.1) is 17.1 Å². The monoisotopic (exact) mass is 457 g/mol. The molecule has 3 rings (SSSR count). The number of fused-ring (bicyclic) bond motifs is 1. The zero-order valence-corrected chi connectivity index (χ0v) is 17.8. The van der Waals surface area contributed by atoms with Crippen LogP contribution in [0.4, 0.5) is 5.00 Å². The topological polar surface area (TPSA) is 72.5 Å². The highest BCUT2D eigenvalue weighted by molar-refractivity contribution is 9.10. The number of carbonyl (C=O) groups is 1. The van der Waals surface area contributed by atoms with E-state index >= 15 is 0 Å². The molecule has 0 amide bonds. The van der Waals surface area contributed by atoms with Gasteiger partial charge in [0.15, 0.2) is 0 Å². The number of hydrogen-bond donors (Lipinski definition) is 1. The standard InChI is InChI=1S/C18H20BrNO4S2/c1-3-24-18(21)16-14-9-4-11(2)10-15(14)25-17(16)20-26(22,23)13-7-5-12(19)6-8-13/h5-8,11,20H,3-4,9-10H2,1-2H3. The molecule has 1 heterocycles. The quantitative estimate of drug-likeness (QED) is 0.665. The maximum atomic E-state index is 12.8. The fourth-order valence-corrected chi connectivity index (χ4v) is 6.01. The molecule has 26 heavy (non-hydrogen) atoms. The van der Waals surface area contributed by atoms with Crippen molar-refractivity contribution in [2.75, 3.05) is 11.3 Å². The number of ether oxygens (including phenoxy) is 1. The Hall–Kier alpha value is -1.38. The van der Waals surface area contributed by atoms with Gasteiger partial charge in [-0.25, -0.2) is 13.2 Å². The summed E-state index contributed by atoms with van der Waals surface area (Å²) in [6.07, 6.45) is 2.60. The molecular formula is C18H20BrNO4S2. The van der Waals surface area contributed by atoms with E-state index in [0.717, 1.165) is 34.2 Å². The minimum absolute atomic E-state index is 0.148. The predicted molar refractivity (Wildman–Crippen MR) is 106 cm³/mol. The van der Waals surface area contributed by atoms with Crippen LogP contribution >= 0.6 is 27.3 Å². The number of hydrogen-bond acceptors (Lipinski definition) is 5. The second-order valence-electron chi connectivity index (χ2n) is 6.34. The number of halogens is 1. The van der Waals surface area contributed by atoms with Crippen molar-refractivity contribution < 1.29 is 17.9 Å². The minimum Gasteiger partial charge on any atom is -0.462 e. The van der Waals surface area contributed by atoms with Crippen LogP contribution < -0.4 is 4.72 Å². The van der Waals surface area contributed by atoms with Gasteiger partial charge in [0, 0.05) is 9.35 Å². The summed E-state index contributed by atoms with van der Waals surface area (Å²) in [4.78, 5) is 13.7. The summed E-state index contributed by atoms with van der Waals surface area (Å²) in [6.45, 7) is 4.15. The maximum Gasteiger partial charge on any atom is 0.341 e. The smallest absolute Gasteiger partial charge is 0.341 e. The van der Waals surface area contributed by atoms with Crippen molar-refractivity contribution in [3.8, 4) is 0 Å². The van der Waals surface area contributed by atoms with Gasteiger partial charge in [-0.3, -0.25) is 4.72 Å². The summed E-state index contributed by atoms with van der Waals surface area (Å²) >= 11 is 4.64. The number of benzene rings is 1. The number of rotatable bonds is 5. The molecule has 140 valence electrons. The van der Waals surface area contributed by atoms with E-state index in [1.807, 2.05) is 0 Å². The Morgan fingerprint density at radius 1 is 1.35 bits per heavy atom. The van der Waals surface area contributed by atoms with Crippen LogP contribution in [0.25, 0.3) is 0 Å². The summed E-state index contributed by atoms with van der Waals surface area (Å²) in [5, 5.41) is 0.352. The summed E-state index contributed by atoms with van der Waals surface area (Å²) in [5.74, 6) is 0.0557. The van der Waals surface area contributed by atoms with Crippen molar-refractivity contribution in [1.82, 2.24) is 0 Å². The van der Waals surface area contributed by atoms with E-state index in [2.05, 4.69) is 27.6 Å². The lowest BCUT2D eigenvalue weighted by molar-refractivity contribution is 0.0526. The first-order chi connectivity index (χ1) is 12.3. The Kier molecular flexibility index (Phi) is 5.74. The highest BCUT2D eigenvalue weighted by atomic mass is 79.9. The number of sulfonamides is 1. The van der Waals surface area contributed by atoms with Crippen molar-refractivity contribution in [3.05, 3.63) is 44.7 Å². The first kappa shape index (κ1) is 19.4. The number of nitrogens with one attached hydrogen (secondary N) is 1. The maximum absolute atomic E-state index is 12.8. The van der Waals surface area contributed by atoms with Gasteiger partial charge in [-0.15, -0.1) is 11.3 Å². The zero-order chi connectivity index (χ0) is 18.9. The average Bonchev–Trinajstić information content (AvgIpc) is 2.91. The molecule has 1 aliphatic carbocycles. The third-order valence-electron chi connectivity index (χ3n) is 4.34. The van der Waals surface area contributed by atoms with E-state index in [-0.39, 0.29) is 11.5 Å². The molecule has 1 unspecified atom stereocenters. The lowest BCUT2D eigenvalue weighted by atomic mass is 9.88. The average molecular weight is 458 g/mol. The summed E-state index contributed by atoms with van der Waals surface area (Å²) in [5.41, 5.74) is 1.31. The molecular weight excluding hydrogens is 438 g/mol. The first-order valence-corrected chi connectivity index (χ1v) is 11.5. The van der Waals surface area contributed by atoms with Crippen molar-refractivity contribution in [3.63, 3.8) is 0 Å². The molecule has 0 radical (unpaired) electrons. The number of thiophene rings is 1. The Labute approximate surface area is 165 Å². The molecule has 0 fully saturated rings. The normalized spacial score (nSPS) is 16.8. The molecule has 1 N–H and O–H groups in total. The Balaban J connectivity index is 2.01. The van der Waals surface area contributed by atoms with Gasteiger partial charge < -0.3 is 4.74 Å². The van der Waals surface area contributed by atoms with Gasteiger partial charge in [0.25, 0.3) is 10.0 Å². The molecule has 2 aromatic rings. The molecule has 1 aliphatic rings. The van der Waals surface area contributed by atoms with Crippen LogP contribution in [0.15, 0.2) is 33.6 Å². The predicted octanol–water partition coefficient (Wildman–Crippen LogP) is 4.61. The number of anilines is 1. The van der Waals surface area contributed by atoms with E-state index in [1.54, 1.807) is 19.1 Å². The molecule has 8 heteroatoms. The van der Waals surface area contributed by atoms with Gasteiger partial charge in [-0.2, -0.15) is 0 Å². The molecule has 0 bridgehead atoms. The van der Waals surface area contributed by atoms with Crippen LogP contribution in [-0.4, -0.2) is 21.0 Å². The van der Waals surface area contributed by atoms with Gasteiger partial charge >= 0.3 is 5.97 Å². The fourth-order valence-electron chi connectivity index (χ4n) is 3.04. The third-order valence-corrected chi connectivity index (χ3v) is 7.54.